The fraction of sp³-hybridized carbons (Fsp3) is 0.111. The molecule has 0 radical (unpaired) electrons. The van der Waals surface area contributed by atoms with Gasteiger partial charge in [-0.2, -0.15) is 5.10 Å². The lowest BCUT2D eigenvalue weighted by Gasteiger charge is -2.04. The molecule has 1 N–H and O–H groups in total. The second kappa shape index (κ2) is 8.09. The minimum absolute atomic E-state index is 0.0411. The Kier molecular flexibility index (Phi) is 5.59. The summed E-state index contributed by atoms with van der Waals surface area (Å²) in [7, 11) is 0. The van der Waals surface area contributed by atoms with Crippen molar-refractivity contribution in [2.24, 2.45) is 5.10 Å². The van der Waals surface area contributed by atoms with Crippen LogP contribution in [0.25, 0.3) is 5.69 Å². The lowest BCUT2D eigenvalue weighted by atomic mass is 10.2. The molecule has 142 valence electrons. The molecule has 0 unspecified atom stereocenters. The minimum Gasteiger partial charge on any atom is -0.267 e. The van der Waals surface area contributed by atoms with Crippen LogP contribution in [0.15, 0.2) is 58.1 Å². The zero-order valence-electron chi connectivity index (χ0n) is 15.0. The summed E-state index contributed by atoms with van der Waals surface area (Å²) in [5.41, 5.74) is 4.98. The molecule has 10 heteroatoms. The van der Waals surface area contributed by atoms with Crippen LogP contribution in [0.2, 0.25) is 0 Å². The minimum atomic E-state index is -0.471. The van der Waals surface area contributed by atoms with Gasteiger partial charge in [-0.15, -0.1) is 5.10 Å². The molecule has 2 aromatic carbocycles. The van der Waals surface area contributed by atoms with Crippen LogP contribution in [-0.2, 0) is 0 Å². The van der Waals surface area contributed by atoms with Crippen molar-refractivity contribution in [3.63, 3.8) is 0 Å². The van der Waals surface area contributed by atoms with Gasteiger partial charge in [0.25, 0.3) is 11.6 Å². The second-order valence-corrected chi connectivity index (χ2v) is 6.78. The molecule has 1 heterocycles. The molecule has 1 amide bonds. The fourth-order valence-corrected chi connectivity index (χ4v) is 2.93. The monoisotopic (exact) mass is 442 g/mol. The lowest BCUT2D eigenvalue weighted by molar-refractivity contribution is -0.384. The summed E-state index contributed by atoms with van der Waals surface area (Å²) in [6, 6.07) is 13.0. The number of nitrogens with zero attached hydrogens (tertiary/aromatic N) is 5. The number of amides is 1. The number of rotatable bonds is 5. The second-order valence-electron chi connectivity index (χ2n) is 5.86. The van der Waals surface area contributed by atoms with Crippen LogP contribution in [0.4, 0.5) is 5.69 Å². The van der Waals surface area contributed by atoms with Gasteiger partial charge in [-0.25, -0.2) is 10.1 Å². The number of hydrogen-bond donors (Lipinski definition) is 1. The average Bonchev–Trinajstić information content (AvgIpc) is 3.07. The van der Waals surface area contributed by atoms with E-state index in [4.69, 9.17) is 0 Å². The van der Waals surface area contributed by atoms with E-state index in [0.717, 1.165) is 4.47 Å². The Bertz CT molecular complexity index is 1090. The van der Waals surface area contributed by atoms with Crippen LogP contribution in [0, 0.1) is 17.0 Å². The van der Waals surface area contributed by atoms with Crippen LogP contribution in [0.5, 0.6) is 0 Å². The van der Waals surface area contributed by atoms with Crippen LogP contribution in [-0.4, -0.2) is 31.5 Å². The number of hydrazone groups is 1. The van der Waals surface area contributed by atoms with Crippen LogP contribution in [0.3, 0.4) is 0 Å². The molecule has 0 atom stereocenters. The molecule has 1 aromatic heterocycles. The highest BCUT2D eigenvalue weighted by molar-refractivity contribution is 9.10. The Hall–Kier alpha value is -3.40. The third-order valence-electron chi connectivity index (χ3n) is 3.93. The number of non-ortho nitro benzene ring substituents is 1. The Morgan fingerprint density at radius 2 is 2.00 bits per heavy atom. The number of nitro benzene ring substituents is 1. The predicted octanol–water partition coefficient (Wildman–Crippen LogP) is 3.40. The summed E-state index contributed by atoms with van der Waals surface area (Å²) in [4.78, 5) is 22.7. The summed E-state index contributed by atoms with van der Waals surface area (Å²) < 4.78 is 2.27. The van der Waals surface area contributed by atoms with Crippen molar-refractivity contribution in [1.29, 1.82) is 0 Å². The van der Waals surface area contributed by atoms with Gasteiger partial charge in [0.15, 0.2) is 0 Å². The van der Waals surface area contributed by atoms with Crippen molar-refractivity contribution in [2.75, 3.05) is 0 Å². The smallest absolute Gasteiger partial charge is 0.267 e. The van der Waals surface area contributed by atoms with Crippen LogP contribution >= 0.6 is 15.9 Å². The van der Waals surface area contributed by atoms with Crippen molar-refractivity contribution in [2.45, 2.75) is 13.8 Å². The quantitative estimate of drug-likeness (QED) is 0.369. The van der Waals surface area contributed by atoms with E-state index in [9.17, 15) is 14.9 Å². The first-order valence-corrected chi connectivity index (χ1v) is 8.94. The topological polar surface area (TPSA) is 115 Å². The highest BCUT2D eigenvalue weighted by Gasteiger charge is 2.15. The van der Waals surface area contributed by atoms with E-state index < -0.39 is 4.92 Å². The highest BCUT2D eigenvalue weighted by Crippen LogP contribution is 2.18. The van der Waals surface area contributed by atoms with E-state index >= 15 is 0 Å². The Morgan fingerprint density at radius 1 is 1.25 bits per heavy atom. The zero-order valence-corrected chi connectivity index (χ0v) is 16.5. The Morgan fingerprint density at radius 3 is 2.71 bits per heavy atom. The fourth-order valence-electron chi connectivity index (χ4n) is 2.53. The molecule has 0 aliphatic heterocycles. The molecule has 3 rings (SSSR count). The zero-order chi connectivity index (χ0) is 20.3. The molecular weight excluding hydrogens is 428 g/mol. The third kappa shape index (κ3) is 4.12. The van der Waals surface area contributed by atoms with Gasteiger partial charge in [-0.05, 0) is 38.1 Å². The molecule has 0 aliphatic rings. The lowest BCUT2D eigenvalue weighted by Crippen LogP contribution is -2.19. The Labute approximate surface area is 168 Å². The molecule has 28 heavy (non-hydrogen) atoms. The van der Waals surface area contributed by atoms with Gasteiger partial charge in [0.05, 0.1) is 22.0 Å². The first-order chi connectivity index (χ1) is 13.4. The molecule has 0 spiro atoms. The van der Waals surface area contributed by atoms with Gasteiger partial charge in [0.1, 0.15) is 5.69 Å². The maximum atomic E-state index is 12.2. The summed E-state index contributed by atoms with van der Waals surface area (Å²) >= 11 is 3.32. The summed E-state index contributed by atoms with van der Waals surface area (Å²) in [6.45, 7) is 3.46. The number of nitrogens with one attached hydrogen (secondary N) is 1. The molecule has 3 aromatic rings. The largest absolute Gasteiger partial charge is 0.271 e. The summed E-state index contributed by atoms with van der Waals surface area (Å²) in [6.07, 6.45) is 0. The van der Waals surface area contributed by atoms with Gasteiger partial charge in [0.2, 0.25) is 0 Å². The standard InChI is InChI=1S/C18H15BrN6O3/c1-11(20-22-18(26)13-5-3-6-14(19)9-13)17-12(2)24(23-21-17)15-7-4-8-16(10-15)25(27)28/h3-10H,1-2H3,(H,22,26)/b20-11+. The highest BCUT2D eigenvalue weighted by atomic mass is 79.9. The first kappa shape index (κ1) is 19.4. The summed E-state index contributed by atoms with van der Waals surface area (Å²) in [5, 5.41) is 23.2. The molecule has 0 bridgehead atoms. The maximum absolute atomic E-state index is 12.2. The van der Waals surface area contributed by atoms with Crippen molar-refractivity contribution in [1.82, 2.24) is 20.4 Å². The number of carbonyl (C=O) groups is 1. The molecular formula is C18H15BrN6O3. The van der Waals surface area contributed by atoms with E-state index in [1.807, 2.05) is 6.07 Å². The molecule has 0 saturated carbocycles. The molecule has 9 nitrogen and oxygen atoms in total. The van der Waals surface area contributed by atoms with Crippen molar-refractivity contribution in [3.05, 3.63) is 80.1 Å². The van der Waals surface area contributed by atoms with E-state index in [1.165, 1.54) is 16.8 Å². The van der Waals surface area contributed by atoms with E-state index in [0.29, 0.717) is 28.4 Å². The van der Waals surface area contributed by atoms with Crippen LogP contribution < -0.4 is 5.43 Å². The van der Waals surface area contributed by atoms with E-state index in [2.05, 4.69) is 36.8 Å². The van der Waals surface area contributed by atoms with Crippen molar-refractivity contribution >= 4 is 33.2 Å². The summed E-state index contributed by atoms with van der Waals surface area (Å²) in [5.74, 6) is -0.357. The van der Waals surface area contributed by atoms with Crippen molar-refractivity contribution < 1.29 is 9.72 Å². The third-order valence-corrected chi connectivity index (χ3v) is 4.43. The van der Waals surface area contributed by atoms with Gasteiger partial charge >= 0.3 is 0 Å². The van der Waals surface area contributed by atoms with Gasteiger partial charge in [-0.1, -0.05) is 33.3 Å². The number of aromatic nitrogens is 3. The van der Waals surface area contributed by atoms with E-state index in [-0.39, 0.29) is 11.6 Å². The number of carbonyl (C=O) groups excluding carboxylic acids is 1. The van der Waals surface area contributed by atoms with Gasteiger partial charge in [0, 0.05) is 22.2 Å². The normalized spacial score (nSPS) is 11.3. The number of nitro groups is 1. The predicted molar refractivity (Wildman–Crippen MR) is 107 cm³/mol. The Balaban J connectivity index is 1.83. The van der Waals surface area contributed by atoms with Crippen LogP contribution in [0.1, 0.15) is 28.7 Å². The number of hydrogen-bond acceptors (Lipinski definition) is 6. The number of benzene rings is 2. The molecule has 0 fully saturated rings. The number of halogens is 1. The van der Waals surface area contributed by atoms with Crippen molar-refractivity contribution in [3.8, 4) is 5.69 Å². The van der Waals surface area contributed by atoms with Gasteiger partial charge in [-0.3, -0.25) is 14.9 Å². The SMILES string of the molecule is C/C(=N\NC(=O)c1cccc(Br)c1)c1nnn(-c2cccc([N+](=O)[O-])c2)c1C. The van der Waals surface area contributed by atoms with E-state index in [1.54, 1.807) is 44.2 Å². The maximum Gasteiger partial charge on any atom is 0.271 e. The molecule has 0 saturated heterocycles. The first-order valence-electron chi connectivity index (χ1n) is 8.14. The average molecular weight is 443 g/mol. The van der Waals surface area contributed by atoms with Gasteiger partial charge < -0.3 is 0 Å². The molecule has 0 aliphatic carbocycles.